The van der Waals surface area contributed by atoms with Crippen LogP contribution in [0.5, 0.6) is 0 Å². The molecular formula is C13H16BrF2NO2. The summed E-state index contributed by atoms with van der Waals surface area (Å²) in [5, 5.41) is 3.57. The Morgan fingerprint density at radius 3 is 2.58 bits per heavy atom. The number of rotatable bonds is 8. The van der Waals surface area contributed by atoms with Crippen molar-refractivity contribution in [1.29, 1.82) is 0 Å². The van der Waals surface area contributed by atoms with Gasteiger partial charge in [-0.05, 0) is 24.1 Å². The first-order chi connectivity index (χ1) is 9.11. The average molecular weight is 336 g/mol. The smallest absolute Gasteiger partial charge is 0.261 e. The van der Waals surface area contributed by atoms with E-state index in [1.807, 2.05) is 24.3 Å². The van der Waals surface area contributed by atoms with Gasteiger partial charge in [0.05, 0.1) is 13.0 Å². The zero-order valence-electron chi connectivity index (χ0n) is 10.4. The van der Waals surface area contributed by atoms with E-state index in [-0.39, 0.29) is 18.9 Å². The standard InChI is InChI=1S/C13H16BrF2NO2/c14-7-5-10-1-3-11(4-2-10)17-13(18)6-8-19-9-12(15)16/h1-4,12H,5-9H2,(H,17,18). The Morgan fingerprint density at radius 1 is 1.32 bits per heavy atom. The van der Waals surface area contributed by atoms with E-state index >= 15 is 0 Å². The van der Waals surface area contributed by atoms with Crippen molar-refractivity contribution >= 4 is 27.5 Å². The maximum absolute atomic E-state index is 11.8. The lowest BCUT2D eigenvalue weighted by atomic mass is 10.1. The summed E-state index contributed by atoms with van der Waals surface area (Å²) in [6, 6.07) is 7.50. The maximum Gasteiger partial charge on any atom is 0.261 e. The zero-order chi connectivity index (χ0) is 14.1. The van der Waals surface area contributed by atoms with E-state index in [1.54, 1.807) is 0 Å². The second-order valence-electron chi connectivity index (χ2n) is 3.90. The van der Waals surface area contributed by atoms with E-state index in [4.69, 9.17) is 0 Å². The molecule has 0 spiro atoms. The lowest BCUT2D eigenvalue weighted by molar-refractivity contribution is -0.117. The van der Waals surface area contributed by atoms with E-state index in [0.717, 1.165) is 11.8 Å². The third-order valence-electron chi connectivity index (χ3n) is 2.34. The molecule has 1 amide bonds. The Morgan fingerprint density at radius 2 is 2.00 bits per heavy atom. The molecule has 0 aliphatic heterocycles. The molecule has 0 aliphatic carbocycles. The van der Waals surface area contributed by atoms with Crippen LogP contribution < -0.4 is 5.32 Å². The zero-order valence-corrected chi connectivity index (χ0v) is 12.0. The van der Waals surface area contributed by atoms with Crippen molar-refractivity contribution in [3.05, 3.63) is 29.8 Å². The Kier molecular flexibility index (Phi) is 7.59. The van der Waals surface area contributed by atoms with Crippen LogP contribution in [-0.4, -0.2) is 30.9 Å². The molecule has 6 heteroatoms. The summed E-state index contributed by atoms with van der Waals surface area (Å²) < 4.78 is 28.2. The Hall–Kier alpha value is -1.01. The van der Waals surface area contributed by atoms with Crippen LogP contribution >= 0.6 is 15.9 Å². The highest BCUT2D eigenvalue weighted by molar-refractivity contribution is 9.09. The number of anilines is 1. The number of amides is 1. The van der Waals surface area contributed by atoms with Gasteiger partial charge in [-0.1, -0.05) is 28.1 Å². The minimum atomic E-state index is -2.50. The summed E-state index contributed by atoms with van der Waals surface area (Å²) in [4.78, 5) is 11.5. The largest absolute Gasteiger partial charge is 0.375 e. The van der Waals surface area contributed by atoms with Gasteiger partial charge >= 0.3 is 0 Å². The minimum absolute atomic E-state index is 0.00214. The molecule has 1 aromatic carbocycles. The topological polar surface area (TPSA) is 38.3 Å². The summed E-state index contributed by atoms with van der Waals surface area (Å²) in [6.45, 7) is -0.633. The van der Waals surface area contributed by atoms with E-state index < -0.39 is 13.0 Å². The fraction of sp³-hybridized carbons (Fsp3) is 0.462. The van der Waals surface area contributed by atoms with Gasteiger partial charge in [-0.25, -0.2) is 8.78 Å². The van der Waals surface area contributed by atoms with Crippen molar-refractivity contribution in [2.45, 2.75) is 19.3 Å². The van der Waals surface area contributed by atoms with Gasteiger partial charge in [0.15, 0.2) is 0 Å². The minimum Gasteiger partial charge on any atom is -0.375 e. The highest BCUT2D eigenvalue weighted by Crippen LogP contribution is 2.11. The number of carbonyl (C=O) groups is 1. The number of carbonyl (C=O) groups excluding carboxylic acids is 1. The normalized spacial score (nSPS) is 10.7. The van der Waals surface area contributed by atoms with Gasteiger partial charge in [0.25, 0.3) is 6.43 Å². The number of hydrogen-bond acceptors (Lipinski definition) is 2. The van der Waals surface area contributed by atoms with Crippen molar-refractivity contribution in [3.63, 3.8) is 0 Å². The second-order valence-corrected chi connectivity index (χ2v) is 4.69. The first-order valence-corrected chi connectivity index (χ1v) is 7.04. The molecule has 0 saturated heterocycles. The lowest BCUT2D eigenvalue weighted by Gasteiger charge is -2.07. The third-order valence-corrected chi connectivity index (χ3v) is 2.73. The van der Waals surface area contributed by atoms with Gasteiger partial charge in [-0.15, -0.1) is 0 Å². The number of aryl methyl sites for hydroxylation is 1. The third kappa shape index (κ3) is 7.22. The van der Waals surface area contributed by atoms with Crippen molar-refractivity contribution in [2.24, 2.45) is 0 Å². The predicted molar refractivity (Wildman–Crippen MR) is 74.0 cm³/mol. The van der Waals surface area contributed by atoms with Crippen LogP contribution in [0.15, 0.2) is 24.3 Å². The number of ether oxygens (including phenoxy) is 1. The summed E-state index contributed by atoms with van der Waals surface area (Å²) >= 11 is 3.35. The lowest BCUT2D eigenvalue weighted by Crippen LogP contribution is -2.15. The highest BCUT2D eigenvalue weighted by Gasteiger charge is 2.05. The molecule has 0 fully saturated rings. The second kappa shape index (κ2) is 8.98. The number of halogens is 3. The molecule has 19 heavy (non-hydrogen) atoms. The molecule has 3 nitrogen and oxygen atoms in total. The van der Waals surface area contributed by atoms with E-state index in [0.29, 0.717) is 5.69 Å². The molecule has 1 aromatic rings. The van der Waals surface area contributed by atoms with Crippen LogP contribution in [0.1, 0.15) is 12.0 Å². The first-order valence-electron chi connectivity index (χ1n) is 5.92. The van der Waals surface area contributed by atoms with E-state index in [9.17, 15) is 13.6 Å². The van der Waals surface area contributed by atoms with E-state index in [2.05, 4.69) is 26.0 Å². The van der Waals surface area contributed by atoms with Crippen molar-refractivity contribution in [2.75, 3.05) is 23.9 Å². The summed E-state index contributed by atoms with van der Waals surface area (Å²) in [7, 11) is 0. The number of hydrogen-bond donors (Lipinski definition) is 1. The van der Waals surface area contributed by atoms with Gasteiger partial charge in [-0.2, -0.15) is 0 Å². The van der Waals surface area contributed by atoms with Crippen LogP contribution in [0.4, 0.5) is 14.5 Å². The van der Waals surface area contributed by atoms with Crippen molar-refractivity contribution < 1.29 is 18.3 Å². The molecule has 0 aromatic heterocycles. The van der Waals surface area contributed by atoms with Crippen molar-refractivity contribution in [3.8, 4) is 0 Å². The first kappa shape index (κ1) is 16.0. The predicted octanol–water partition coefficient (Wildman–Crippen LogP) is 3.23. The quantitative estimate of drug-likeness (QED) is 0.585. The highest BCUT2D eigenvalue weighted by atomic mass is 79.9. The van der Waals surface area contributed by atoms with Gasteiger partial charge in [-0.3, -0.25) is 4.79 Å². The van der Waals surface area contributed by atoms with Crippen LogP contribution in [0.25, 0.3) is 0 Å². The van der Waals surface area contributed by atoms with Gasteiger partial charge in [0.1, 0.15) is 6.61 Å². The average Bonchev–Trinajstić information content (AvgIpc) is 2.37. The van der Waals surface area contributed by atoms with Gasteiger partial charge < -0.3 is 10.1 Å². The summed E-state index contributed by atoms with van der Waals surface area (Å²) in [6.07, 6.45) is -1.50. The number of alkyl halides is 3. The molecule has 0 heterocycles. The maximum atomic E-state index is 11.8. The molecule has 0 atom stereocenters. The molecule has 1 N–H and O–H groups in total. The fourth-order valence-corrected chi connectivity index (χ4v) is 1.88. The number of nitrogens with one attached hydrogen (secondary N) is 1. The van der Waals surface area contributed by atoms with Crippen molar-refractivity contribution in [1.82, 2.24) is 0 Å². The van der Waals surface area contributed by atoms with Crippen LogP contribution in [-0.2, 0) is 16.0 Å². The Labute approximate surface area is 119 Å². The molecule has 0 radical (unpaired) electrons. The SMILES string of the molecule is O=C(CCOCC(F)F)Nc1ccc(CCBr)cc1. The molecular weight excluding hydrogens is 320 g/mol. The molecule has 0 aliphatic rings. The number of benzene rings is 1. The molecule has 0 unspecified atom stereocenters. The van der Waals surface area contributed by atoms with Crippen LogP contribution in [0, 0.1) is 0 Å². The summed E-state index contributed by atoms with van der Waals surface area (Å²) in [5.41, 5.74) is 1.87. The molecule has 1 rings (SSSR count). The molecule has 0 saturated carbocycles. The Balaban J connectivity index is 2.27. The van der Waals surface area contributed by atoms with Gasteiger partial charge in [0, 0.05) is 11.0 Å². The Bertz CT molecular complexity index is 385. The van der Waals surface area contributed by atoms with Crippen LogP contribution in [0.3, 0.4) is 0 Å². The van der Waals surface area contributed by atoms with Gasteiger partial charge in [0.2, 0.25) is 5.91 Å². The fourth-order valence-electron chi connectivity index (χ4n) is 1.42. The van der Waals surface area contributed by atoms with Crippen LogP contribution in [0.2, 0.25) is 0 Å². The van der Waals surface area contributed by atoms with E-state index in [1.165, 1.54) is 5.56 Å². The summed E-state index contributed by atoms with van der Waals surface area (Å²) in [5.74, 6) is -0.248. The molecule has 0 bridgehead atoms. The molecule has 106 valence electrons. The monoisotopic (exact) mass is 335 g/mol.